The van der Waals surface area contributed by atoms with Crippen molar-refractivity contribution in [3.8, 4) is 0 Å². The number of rotatable bonds is 3. The predicted octanol–water partition coefficient (Wildman–Crippen LogP) is 2.26. The van der Waals surface area contributed by atoms with Gasteiger partial charge in [0, 0.05) is 18.7 Å². The van der Waals surface area contributed by atoms with Gasteiger partial charge in [-0.05, 0) is 36.5 Å². The van der Waals surface area contributed by atoms with Gasteiger partial charge in [-0.1, -0.05) is 42.5 Å². The summed E-state index contributed by atoms with van der Waals surface area (Å²) in [5.74, 6) is 0.657. The summed E-state index contributed by atoms with van der Waals surface area (Å²) in [6.07, 6.45) is 4.62. The van der Waals surface area contributed by atoms with Crippen LogP contribution in [0, 0.1) is 5.92 Å². The summed E-state index contributed by atoms with van der Waals surface area (Å²) in [5, 5.41) is 2.68. The number of amides is 1. The zero-order valence-corrected chi connectivity index (χ0v) is 14.3. The molecule has 2 saturated heterocycles. The van der Waals surface area contributed by atoms with Crippen LogP contribution in [0.1, 0.15) is 31.2 Å². The average molecular weight is 323 g/mol. The maximum absolute atomic E-state index is 12.7. The van der Waals surface area contributed by atoms with Crippen LogP contribution in [0.15, 0.2) is 42.5 Å². The van der Waals surface area contributed by atoms with Crippen molar-refractivity contribution < 1.29 is 9.69 Å². The third-order valence-electron chi connectivity index (χ3n) is 5.71. The highest BCUT2D eigenvalue weighted by molar-refractivity contribution is 5.85. The summed E-state index contributed by atoms with van der Waals surface area (Å²) in [5.41, 5.74) is 1.41. The molecule has 2 aromatic carbocycles. The minimum absolute atomic E-state index is 0.238. The number of likely N-dealkylation sites (tertiary alicyclic amines) is 2. The summed E-state index contributed by atoms with van der Waals surface area (Å²) in [6, 6.07) is 15.2. The molecule has 0 aliphatic carbocycles. The lowest BCUT2D eigenvalue weighted by atomic mass is 9.95. The second-order valence-electron chi connectivity index (χ2n) is 7.39. The van der Waals surface area contributed by atoms with E-state index in [0.717, 1.165) is 32.6 Å². The number of carbonyl (C=O) groups excluding carboxylic acids is 1. The number of quaternary nitrogens is 1. The summed E-state index contributed by atoms with van der Waals surface area (Å²) in [6.45, 7) is 5.18. The molecule has 0 radical (unpaired) electrons. The fourth-order valence-electron chi connectivity index (χ4n) is 4.43. The molecule has 0 saturated carbocycles. The number of piperidine rings is 1. The molecule has 2 aromatic rings. The molecule has 24 heavy (non-hydrogen) atoms. The molecule has 126 valence electrons. The first-order valence-electron chi connectivity index (χ1n) is 9.40. The Morgan fingerprint density at radius 3 is 2.71 bits per heavy atom. The molecule has 0 aromatic heterocycles. The molecule has 2 heterocycles. The van der Waals surface area contributed by atoms with Crippen LogP contribution in [-0.2, 0) is 11.3 Å². The van der Waals surface area contributed by atoms with Crippen molar-refractivity contribution in [1.82, 2.24) is 4.90 Å². The smallest absolute Gasteiger partial charge is 0.231 e. The molecular formula is C21H27N2O+. The van der Waals surface area contributed by atoms with Gasteiger partial charge in [-0.15, -0.1) is 0 Å². The first kappa shape index (κ1) is 15.6. The minimum atomic E-state index is 0.238. The molecule has 1 N–H and O–H groups in total. The van der Waals surface area contributed by atoms with Crippen molar-refractivity contribution in [3.05, 3.63) is 48.0 Å². The van der Waals surface area contributed by atoms with E-state index in [1.54, 1.807) is 4.90 Å². The van der Waals surface area contributed by atoms with Gasteiger partial charge in [-0.3, -0.25) is 4.79 Å². The molecule has 2 atom stereocenters. The van der Waals surface area contributed by atoms with E-state index < -0.39 is 0 Å². The Labute approximate surface area is 144 Å². The van der Waals surface area contributed by atoms with E-state index in [9.17, 15) is 4.79 Å². The van der Waals surface area contributed by atoms with E-state index >= 15 is 0 Å². The zero-order valence-electron chi connectivity index (χ0n) is 14.3. The summed E-state index contributed by atoms with van der Waals surface area (Å²) in [7, 11) is 0. The second-order valence-corrected chi connectivity index (χ2v) is 7.39. The predicted molar refractivity (Wildman–Crippen MR) is 96.9 cm³/mol. The van der Waals surface area contributed by atoms with Gasteiger partial charge in [0.05, 0.1) is 19.0 Å². The Bertz CT molecular complexity index is 715. The monoisotopic (exact) mass is 323 g/mol. The van der Waals surface area contributed by atoms with Gasteiger partial charge in [0.25, 0.3) is 0 Å². The van der Waals surface area contributed by atoms with E-state index in [0.29, 0.717) is 5.91 Å². The van der Waals surface area contributed by atoms with Crippen molar-refractivity contribution in [2.24, 2.45) is 5.92 Å². The van der Waals surface area contributed by atoms with Crippen molar-refractivity contribution in [2.45, 2.75) is 32.2 Å². The number of hydrogen-bond acceptors (Lipinski definition) is 1. The van der Waals surface area contributed by atoms with Crippen LogP contribution in [0.3, 0.4) is 0 Å². The normalized spacial score (nSPS) is 24.4. The third-order valence-corrected chi connectivity index (χ3v) is 5.71. The second kappa shape index (κ2) is 6.94. The van der Waals surface area contributed by atoms with E-state index in [4.69, 9.17) is 0 Å². The van der Waals surface area contributed by atoms with Crippen LogP contribution >= 0.6 is 0 Å². The standard InChI is InChI=1S/C21H26N2O/c24-21(23-13-3-4-14-23)19-10-6-12-22(16-19)15-18-9-5-8-17-7-1-2-11-20(17)18/h1-2,5,7-9,11,19H,3-4,6,10,12-16H2/p+1/t19-/m0/s1. The van der Waals surface area contributed by atoms with Gasteiger partial charge in [-0.25, -0.2) is 0 Å². The van der Waals surface area contributed by atoms with Crippen LogP contribution in [0.25, 0.3) is 10.8 Å². The van der Waals surface area contributed by atoms with Crippen LogP contribution < -0.4 is 4.90 Å². The quantitative estimate of drug-likeness (QED) is 0.921. The highest BCUT2D eigenvalue weighted by Crippen LogP contribution is 2.19. The van der Waals surface area contributed by atoms with Crippen LogP contribution in [0.2, 0.25) is 0 Å². The topological polar surface area (TPSA) is 24.8 Å². The Morgan fingerprint density at radius 1 is 1.04 bits per heavy atom. The Hall–Kier alpha value is -1.87. The lowest BCUT2D eigenvalue weighted by molar-refractivity contribution is -0.921. The molecule has 2 aliphatic heterocycles. The summed E-state index contributed by atoms with van der Waals surface area (Å²) < 4.78 is 0. The van der Waals surface area contributed by atoms with E-state index in [1.807, 2.05) is 0 Å². The summed E-state index contributed by atoms with van der Waals surface area (Å²) >= 11 is 0. The third kappa shape index (κ3) is 3.18. The number of nitrogens with zero attached hydrogens (tertiary/aromatic N) is 1. The maximum Gasteiger partial charge on any atom is 0.231 e. The lowest BCUT2D eigenvalue weighted by Gasteiger charge is -2.31. The highest BCUT2D eigenvalue weighted by Gasteiger charge is 2.32. The average Bonchev–Trinajstić information content (AvgIpc) is 3.16. The molecule has 3 heteroatoms. The Balaban J connectivity index is 1.47. The van der Waals surface area contributed by atoms with Gasteiger partial charge in [-0.2, -0.15) is 0 Å². The number of carbonyl (C=O) groups is 1. The molecule has 2 fully saturated rings. The number of hydrogen-bond donors (Lipinski definition) is 1. The van der Waals surface area contributed by atoms with Crippen LogP contribution in [0.5, 0.6) is 0 Å². The zero-order chi connectivity index (χ0) is 16.4. The SMILES string of the molecule is O=C([C@H]1CCC[NH+](Cc2cccc3ccccc23)C1)N1CCCC1. The first-order chi connectivity index (χ1) is 11.8. The molecule has 4 rings (SSSR count). The van der Waals surface area contributed by atoms with Gasteiger partial charge >= 0.3 is 0 Å². The first-order valence-corrected chi connectivity index (χ1v) is 9.40. The van der Waals surface area contributed by atoms with Crippen molar-refractivity contribution in [3.63, 3.8) is 0 Å². The molecule has 1 unspecified atom stereocenters. The molecule has 0 spiro atoms. The van der Waals surface area contributed by atoms with E-state index in [1.165, 1.54) is 42.1 Å². The number of nitrogens with one attached hydrogen (secondary N) is 1. The van der Waals surface area contributed by atoms with Gasteiger partial charge in [0.2, 0.25) is 5.91 Å². The van der Waals surface area contributed by atoms with Gasteiger partial charge < -0.3 is 9.80 Å². The van der Waals surface area contributed by atoms with Gasteiger partial charge in [0.15, 0.2) is 0 Å². The van der Waals surface area contributed by atoms with E-state index in [2.05, 4.69) is 47.4 Å². The fourth-order valence-corrected chi connectivity index (χ4v) is 4.43. The van der Waals surface area contributed by atoms with E-state index in [-0.39, 0.29) is 5.92 Å². The Morgan fingerprint density at radius 2 is 1.83 bits per heavy atom. The number of fused-ring (bicyclic) bond motifs is 1. The fraction of sp³-hybridized carbons (Fsp3) is 0.476. The minimum Gasteiger partial charge on any atom is -0.342 e. The van der Waals surface area contributed by atoms with Crippen molar-refractivity contribution in [1.29, 1.82) is 0 Å². The summed E-state index contributed by atoms with van der Waals surface area (Å²) in [4.78, 5) is 16.4. The lowest BCUT2D eigenvalue weighted by Crippen LogP contribution is -3.12. The van der Waals surface area contributed by atoms with Crippen molar-refractivity contribution >= 4 is 16.7 Å². The van der Waals surface area contributed by atoms with Crippen LogP contribution in [-0.4, -0.2) is 37.0 Å². The molecule has 1 amide bonds. The molecule has 0 bridgehead atoms. The van der Waals surface area contributed by atoms with Crippen molar-refractivity contribution in [2.75, 3.05) is 26.2 Å². The van der Waals surface area contributed by atoms with Crippen LogP contribution in [0.4, 0.5) is 0 Å². The number of benzene rings is 2. The molecule has 3 nitrogen and oxygen atoms in total. The highest BCUT2D eigenvalue weighted by atomic mass is 16.2. The Kier molecular flexibility index (Phi) is 4.52. The van der Waals surface area contributed by atoms with Gasteiger partial charge in [0.1, 0.15) is 6.54 Å². The maximum atomic E-state index is 12.7. The molecular weight excluding hydrogens is 296 g/mol. The molecule has 2 aliphatic rings. The largest absolute Gasteiger partial charge is 0.342 e.